The molecule has 3 saturated heterocycles. The molecule has 41 heavy (non-hydrogen) atoms. The first-order valence-electron chi connectivity index (χ1n) is 15.3. The number of para-hydroxylation sites is 2. The molecule has 3 aliphatic heterocycles. The SMILES string of the molecule is Cc1nc2ccccc2n1[C@H]1C[C@H]2CC[C@@H](C1)N2CCC1(c2ccccc2)CCN(C(=O)c2ccc(O)cc2)CC1. The van der Waals surface area contributed by atoms with Crippen LogP contribution < -0.4 is 0 Å². The van der Waals surface area contributed by atoms with Gasteiger partial charge in [-0.2, -0.15) is 0 Å². The molecule has 3 aliphatic rings. The average Bonchev–Trinajstić information content (AvgIpc) is 3.47. The average molecular weight is 549 g/mol. The van der Waals surface area contributed by atoms with E-state index in [0.717, 1.165) is 50.2 Å². The van der Waals surface area contributed by atoms with Crippen molar-refractivity contribution >= 4 is 16.9 Å². The number of benzene rings is 3. The molecule has 2 bridgehead atoms. The minimum Gasteiger partial charge on any atom is -0.508 e. The third-order valence-electron chi connectivity index (χ3n) is 10.4. The van der Waals surface area contributed by atoms with Gasteiger partial charge in [0.2, 0.25) is 0 Å². The van der Waals surface area contributed by atoms with E-state index in [2.05, 4.69) is 71.0 Å². The lowest BCUT2D eigenvalue weighted by Gasteiger charge is -2.45. The number of piperidine rings is 2. The summed E-state index contributed by atoms with van der Waals surface area (Å²) in [5.41, 5.74) is 4.54. The van der Waals surface area contributed by atoms with Gasteiger partial charge in [0.25, 0.3) is 5.91 Å². The summed E-state index contributed by atoms with van der Waals surface area (Å²) in [5.74, 6) is 1.39. The molecular formula is C35H40N4O2. The highest BCUT2D eigenvalue weighted by Crippen LogP contribution is 2.45. The van der Waals surface area contributed by atoms with E-state index in [1.165, 1.54) is 36.8 Å². The standard InChI is InChI=1S/C35H40N4O2/c1-25-36-32-9-5-6-10-33(32)39(25)30-23-28-13-14-29(24-30)38(28)22-19-35(27-7-3-2-4-8-27)17-20-37(21-18-35)34(41)26-11-15-31(40)16-12-26/h2-12,15-16,28-30,40H,13-14,17-24H2,1H3/t28-,29+,30+. The smallest absolute Gasteiger partial charge is 0.253 e. The van der Waals surface area contributed by atoms with Gasteiger partial charge in [-0.1, -0.05) is 42.5 Å². The van der Waals surface area contributed by atoms with Crippen molar-refractivity contribution in [1.82, 2.24) is 19.4 Å². The molecule has 0 spiro atoms. The van der Waals surface area contributed by atoms with Gasteiger partial charge in [-0.05, 0) is 106 Å². The second-order valence-corrected chi connectivity index (χ2v) is 12.5. The van der Waals surface area contributed by atoms with Crippen LogP contribution in [-0.4, -0.2) is 62.1 Å². The van der Waals surface area contributed by atoms with Crippen LogP contribution in [0.5, 0.6) is 5.75 Å². The van der Waals surface area contributed by atoms with E-state index in [0.29, 0.717) is 23.7 Å². The van der Waals surface area contributed by atoms with Gasteiger partial charge in [0.1, 0.15) is 11.6 Å². The van der Waals surface area contributed by atoms with Gasteiger partial charge in [0.05, 0.1) is 11.0 Å². The molecule has 1 amide bonds. The predicted octanol–water partition coefficient (Wildman–Crippen LogP) is 6.48. The number of amides is 1. The van der Waals surface area contributed by atoms with Crippen molar-refractivity contribution in [2.75, 3.05) is 19.6 Å². The summed E-state index contributed by atoms with van der Waals surface area (Å²) in [4.78, 5) is 22.9. The Labute approximate surface area is 242 Å². The van der Waals surface area contributed by atoms with E-state index in [4.69, 9.17) is 4.98 Å². The van der Waals surface area contributed by atoms with Crippen LogP contribution in [0.2, 0.25) is 0 Å². The van der Waals surface area contributed by atoms with Crippen LogP contribution in [0.25, 0.3) is 11.0 Å². The molecule has 0 saturated carbocycles. The molecule has 4 heterocycles. The molecule has 0 unspecified atom stereocenters. The molecule has 1 N–H and O–H groups in total. The highest BCUT2D eigenvalue weighted by Gasteiger charge is 2.44. The van der Waals surface area contributed by atoms with Crippen LogP contribution >= 0.6 is 0 Å². The zero-order valence-electron chi connectivity index (χ0n) is 24.0. The summed E-state index contributed by atoms with van der Waals surface area (Å²) in [6, 6.07) is 28.0. The molecular weight excluding hydrogens is 508 g/mol. The predicted molar refractivity (Wildman–Crippen MR) is 162 cm³/mol. The van der Waals surface area contributed by atoms with Crippen LogP contribution in [0.4, 0.5) is 0 Å². The zero-order valence-corrected chi connectivity index (χ0v) is 24.0. The lowest BCUT2D eigenvalue weighted by atomic mass is 9.70. The molecule has 1 aromatic heterocycles. The number of aryl methyl sites for hydroxylation is 1. The number of hydrogen-bond donors (Lipinski definition) is 1. The summed E-state index contributed by atoms with van der Waals surface area (Å²) in [6.07, 6.45) is 8.07. The van der Waals surface area contributed by atoms with Gasteiger partial charge in [-0.25, -0.2) is 4.98 Å². The van der Waals surface area contributed by atoms with Crippen molar-refractivity contribution in [3.63, 3.8) is 0 Å². The Balaban J connectivity index is 1.06. The van der Waals surface area contributed by atoms with Gasteiger partial charge >= 0.3 is 0 Å². The van der Waals surface area contributed by atoms with Crippen molar-refractivity contribution in [1.29, 1.82) is 0 Å². The Morgan fingerprint density at radius 1 is 0.878 bits per heavy atom. The Bertz CT molecular complexity index is 1510. The highest BCUT2D eigenvalue weighted by molar-refractivity contribution is 5.94. The highest BCUT2D eigenvalue weighted by atomic mass is 16.3. The first kappa shape index (κ1) is 26.3. The fourth-order valence-electron chi connectivity index (χ4n) is 8.19. The van der Waals surface area contributed by atoms with E-state index >= 15 is 0 Å². The van der Waals surface area contributed by atoms with Gasteiger partial charge in [-0.3, -0.25) is 9.69 Å². The van der Waals surface area contributed by atoms with Gasteiger partial charge < -0.3 is 14.6 Å². The number of carbonyl (C=O) groups is 1. The molecule has 7 rings (SSSR count). The topological polar surface area (TPSA) is 61.6 Å². The van der Waals surface area contributed by atoms with Crippen molar-refractivity contribution in [2.45, 2.75) is 75.4 Å². The van der Waals surface area contributed by atoms with Gasteiger partial charge in [0, 0.05) is 36.8 Å². The monoisotopic (exact) mass is 548 g/mol. The van der Waals surface area contributed by atoms with Crippen molar-refractivity contribution in [2.24, 2.45) is 0 Å². The number of phenols is 1. The Kier molecular flexibility index (Phi) is 6.82. The molecule has 0 radical (unpaired) electrons. The second kappa shape index (κ2) is 10.6. The number of carbonyl (C=O) groups excluding carboxylic acids is 1. The fraction of sp³-hybridized carbons (Fsp3) is 0.429. The van der Waals surface area contributed by atoms with E-state index in [1.54, 1.807) is 24.3 Å². The maximum Gasteiger partial charge on any atom is 0.253 e. The zero-order chi connectivity index (χ0) is 28.0. The number of aromatic hydroxyl groups is 1. The van der Waals surface area contributed by atoms with Crippen molar-refractivity contribution in [3.05, 3.63) is 95.8 Å². The first-order chi connectivity index (χ1) is 20.0. The van der Waals surface area contributed by atoms with E-state index in [1.807, 2.05) is 4.90 Å². The number of fused-ring (bicyclic) bond motifs is 3. The minimum atomic E-state index is 0.0640. The molecule has 3 fully saturated rings. The number of hydrogen-bond acceptors (Lipinski definition) is 4. The van der Waals surface area contributed by atoms with E-state index < -0.39 is 0 Å². The molecule has 3 aromatic carbocycles. The van der Waals surface area contributed by atoms with Crippen LogP contribution in [0, 0.1) is 6.92 Å². The van der Waals surface area contributed by atoms with Gasteiger partial charge in [0.15, 0.2) is 0 Å². The largest absolute Gasteiger partial charge is 0.508 e. The lowest BCUT2D eigenvalue weighted by molar-refractivity contribution is 0.0607. The number of likely N-dealkylation sites (tertiary alicyclic amines) is 1. The summed E-state index contributed by atoms with van der Waals surface area (Å²) in [7, 11) is 0. The van der Waals surface area contributed by atoms with Crippen LogP contribution in [0.3, 0.4) is 0 Å². The molecule has 6 heteroatoms. The third-order valence-corrected chi connectivity index (χ3v) is 10.4. The summed E-state index contributed by atoms with van der Waals surface area (Å²) in [5, 5.41) is 9.64. The number of aromatic nitrogens is 2. The molecule has 0 aliphatic carbocycles. The fourth-order valence-corrected chi connectivity index (χ4v) is 8.19. The van der Waals surface area contributed by atoms with Gasteiger partial charge in [-0.15, -0.1) is 0 Å². The quantitative estimate of drug-likeness (QED) is 0.300. The molecule has 6 nitrogen and oxygen atoms in total. The third kappa shape index (κ3) is 4.82. The van der Waals surface area contributed by atoms with Crippen molar-refractivity contribution < 1.29 is 9.90 Å². The summed E-state index contributed by atoms with van der Waals surface area (Å²) >= 11 is 0. The molecule has 3 atom stereocenters. The number of nitrogens with zero attached hydrogens (tertiary/aromatic N) is 4. The van der Waals surface area contributed by atoms with Crippen molar-refractivity contribution in [3.8, 4) is 5.75 Å². The maximum absolute atomic E-state index is 13.2. The summed E-state index contributed by atoms with van der Waals surface area (Å²) < 4.78 is 2.52. The number of imidazole rings is 1. The molecule has 4 aromatic rings. The van der Waals surface area contributed by atoms with E-state index in [9.17, 15) is 9.90 Å². The Morgan fingerprint density at radius 3 is 2.24 bits per heavy atom. The molecule has 212 valence electrons. The minimum absolute atomic E-state index is 0.0640. The second-order valence-electron chi connectivity index (χ2n) is 12.5. The Hall–Kier alpha value is -3.64. The lowest BCUT2D eigenvalue weighted by Crippen LogP contribution is -2.49. The van der Waals surface area contributed by atoms with Crippen LogP contribution in [0.1, 0.15) is 72.7 Å². The number of rotatable bonds is 6. The van der Waals surface area contributed by atoms with Crippen LogP contribution in [-0.2, 0) is 5.41 Å². The summed E-state index contributed by atoms with van der Waals surface area (Å²) in [6.45, 7) is 4.80. The Morgan fingerprint density at radius 2 is 1.54 bits per heavy atom. The maximum atomic E-state index is 13.2. The van der Waals surface area contributed by atoms with E-state index in [-0.39, 0.29) is 17.1 Å². The van der Waals surface area contributed by atoms with Crippen LogP contribution in [0.15, 0.2) is 78.9 Å². The number of phenolic OH excluding ortho intramolecular Hbond substituents is 1. The first-order valence-corrected chi connectivity index (χ1v) is 15.3. The normalized spacial score (nSPS) is 24.1.